The zero-order chi connectivity index (χ0) is 9.97. The van der Waals surface area contributed by atoms with Gasteiger partial charge in [-0.05, 0) is 31.9 Å². The Bertz CT molecular complexity index is 375. The lowest BCUT2D eigenvalue weighted by molar-refractivity contribution is 0.164. The summed E-state index contributed by atoms with van der Waals surface area (Å²) in [6.45, 7) is 1.87. The second kappa shape index (κ2) is 3.86. The largest absolute Gasteiger partial charge is 0.427 e. The molecule has 1 fully saturated rings. The van der Waals surface area contributed by atoms with Gasteiger partial charge in [0.25, 0.3) is 0 Å². The van der Waals surface area contributed by atoms with Gasteiger partial charge in [0.05, 0.1) is 11.7 Å². The Labute approximate surface area is 83.7 Å². The third-order valence-corrected chi connectivity index (χ3v) is 2.77. The van der Waals surface area contributed by atoms with Crippen molar-refractivity contribution in [3.05, 3.63) is 29.4 Å². The molecule has 1 aliphatic carbocycles. The fourth-order valence-corrected chi connectivity index (χ4v) is 1.91. The van der Waals surface area contributed by atoms with Crippen LogP contribution in [0.15, 0.2) is 23.2 Å². The highest BCUT2D eigenvalue weighted by atomic mass is 16.5. The average Bonchev–Trinajstić information content (AvgIpc) is 2.66. The average molecular weight is 192 g/mol. The van der Waals surface area contributed by atoms with Gasteiger partial charge in [0.2, 0.25) is 0 Å². The maximum Gasteiger partial charge on any atom is 0.163 e. The number of pyridine rings is 1. The van der Waals surface area contributed by atoms with Gasteiger partial charge in [0.1, 0.15) is 0 Å². The second-order valence-corrected chi connectivity index (χ2v) is 3.90. The first-order valence-corrected chi connectivity index (χ1v) is 5.19. The summed E-state index contributed by atoms with van der Waals surface area (Å²) in [5.41, 5.74) is 1.50. The van der Waals surface area contributed by atoms with Crippen LogP contribution >= 0.6 is 0 Å². The van der Waals surface area contributed by atoms with Gasteiger partial charge < -0.3 is 5.21 Å². The van der Waals surface area contributed by atoms with E-state index in [2.05, 4.69) is 4.99 Å². The molecule has 0 aliphatic heterocycles. The standard InChI is InChI=1S/C11H16N2O/c1-9-5-4-8-11(13(9)14)12-10-6-2-3-7-10/h4-5,8,10,14H,2-3,6-7H2,1H3. The summed E-state index contributed by atoms with van der Waals surface area (Å²) < 4.78 is 1.16. The van der Waals surface area contributed by atoms with E-state index in [1.165, 1.54) is 17.6 Å². The van der Waals surface area contributed by atoms with Crippen LogP contribution in [-0.2, 0) is 0 Å². The van der Waals surface area contributed by atoms with Gasteiger partial charge in [0, 0.05) is 0 Å². The molecule has 0 unspecified atom stereocenters. The number of aromatic nitrogens is 1. The van der Waals surface area contributed by atoms with Crippen LogP contribution in [0.4, 0.5) is 0 Å². The second-order valence-electron chi connectivity index (χ2n) is 3.90. The maximum atomic E-state index is 9.68. The number of hydrogen-bond donors (Lipinski definition) is 1. The summed E-state index contributed by atoms with van der Waals surface area (Å²) in [6.07, 6.45) is 4.86. The molecule has 0 saturated heterocycles. The highest BCUT2D eigenvalue weighted by molar-refractivity contribution is 5.02. The van der Waals surface area contributed by atoms with Gasteiger partial charge in [-0.15, -0.1) is 0 Å². The van der Waals surface area contributed by atoms with E-state index in [1.54, 1.807) is 0 Å². The molecule has 1 N–H and O–H groups in total. The minimum atomic E-state index is 0.412. The zero-order valence-electron chi connectivity index (χ0n) is 8.48. The molecule has 0 radical (unpaired) electrons. The van der Waals surface area contributed by atoms with Gasteiger partial charge in [-0.25, -0.2) is 0 Å². The van der Waals surface area contributed by atoms with E-state index in [4.69, 9.17) is 0 Å². The van der Waals surface area contributed by atoms with E-state index in [1.807, 2.05) is 25.1 Å². The molecule has 76 valence electrons. The van der Waals surface area contributed by atoms with Crippen LogP contribution in [0.5, 0.6) is 0 Å². The van der Waals surface area contributed by atoms with Crippen molar-refractivity contribution >= 4 is 0 Å². The molecule has 14 heavy (non-hydrogen) atoms. The van der Waals surface area contributed by atoms with Crippen LogP contribution in [-0.4, -0.2) is 16.0 Å². The maximum absolute atomic E-state index is 9.68. The lowest BCUT2D eigenvalue weighted by Gasteiger charge is -2.05. The Kier molecular flexibility index (Phi) is 2.57. The number of hydrogen-bond acceptors (Lipinski definition) is 2. The number of rotatable bonds is 1. The molecule has 1 heterocycles. The zero-order valence-corrected chi connectivity index (χ0v) is 8.48. The van der Waals surface area contributed by atoms with Crippen LogP contribution in [0.3, 0.4) is 0 Å². The van der Waals surface area contributed by atoms with Gasteiger partial charge in [-0.2, -0.15) is 4.73 Å². The molecule has 1 aromatic heterocycles. The molecule has 3 nitrogen and oxygen atoms in total. The first-order chi connectivity index (χ1) is 6.77. The van der Waals surface area contributed by atoms with E-state index in [0.717, 1.165) is 18.5 Å². The van der Waals surface area contributed by atoms with E-state index in [-0.39, 0.29) is 0 Å². The Hall–Kier alpha value is -1.25. The Balaban J connectivity index is 2.34. The summed E-state index contributed by atoms with van der Waals surface area (Å²) in [5, 5.41) is 9.68. The highest BCUT2D eigenvalue weighted by Gasteiger charge is 2.13. The first-order valence-electron chi connectivity index (χ1n) is 5.19. The molecule has 0 spiro atoms. The van der Waals surface area contributed by atoms with Crippen LogP contribution in [0.25, 0.3) is 0 Å². The molecule has 2 rings (SSSR count). The smallest absolute Gasteiger partial charge is 0.163 e. The van der Waals surface area contributed by atoms with E-state index < -0.39 is 0 Å². The predicted octanol–water partition coefficient (Wildman–Crippen LogP) is 1.88. The molecule has 3 heteroatoms. The quantitative estimate of drug-likeness (QED) is 0.678. The fraction of sp³-hybridized carbons (Fsp3) is 0.545. The fourth-order valence-electron chi connectivity index (χ4n) is 1.91. The van der Waals surface area contributed by atoms with Gasteiger partial charge in [-0.1, -0.05) is 18.9 Å². The van der Waals surface area contributed by atoms with E-state index in [0.29, 0.717) is 11.5 Å². The summed E-state index contributed by atoms with van der Waals surface area (Å²) >= 11 is 0. The van der Waals surface area contributed by atoms with Crippen LogP contribution in [0, 0.1) is 6.92 Å². The third kappa shape index (κ3) is 1.81. The SMILES string of the molecule is Cc1cccc(=NC2CCCC2)n1O. The van der Waals surface area contributed by atoms with Crippen molar-refractivity contribution in [1.82, 2.24) is 4.73 Å². The lowest BCUT2D eigenvalue weighted by atomic mass is 10.3. The highest BCUT2D eigenvalue weighted by Crippen LogP contribution is 2.20. The monoisotopic (exact) mass is 192 g/mol. The lowest BCUT2D eigenvalue weighted by Crippen LogP contribution is -2.22. The van der Waals surface area contributed by atoms with E-state index >= 15 is 0 Å². The summed E-state index contributed by atoms with van der Waals surface area (Å²) in [7, 11) is 0. The van der Waals surface area contributed by atoms with Gasteiger partial charge in [0.15, 0.2) is 5.49 Å². The number of aryl methyl sites for hydroxylation is 1. The molecule has 1 saturated carbocycles. The van der Waals surface area contributed by atoms with E-state index in [9.17, 15) is 5.21 Å². The van der Waals surface area contributed by atoms with Crippen molar-refractivity contribution < 1.29 is 5.21 Å². The Morgan fingerprint density at radius 1 is 1.36 bits per heavy atom. The first kappa shape index (κ1) is 9.31. The summed E-state index contributed by atoms with van der Waals surface area (Å²) in [6, 6.07) is 6.06. The van der Waals surface area contributed by atoms with Gasteiger partial charge in [-0.3, -0.25) is 4.99 Å². The molecule has 0 aromatic carbocycles. The minimum Gasteiger partial charge on any atom is -0.427 e. The van der Waals surface area contributed by atoms with Crippen molar-refractivity contribution in [1.29, 1.82) is 0 Å². The summed E-state index contributed by atoms with van der Waals surface area (Å²) in [4.78, 5) is 4.53. The minimum absolute atomic E-state index is 0.412. The molecular weight excluding hydrogens is 176 g/mol. The molecule has 0 bridgehead atoms. The van der Waals surface area contributed by atoms with Crippen molar-refractivity contribution in [2.24, 2.45) is 4.99 Å². The normalized spacial score (nSPS) is 19.1. The van der Waals surface area contributed by atoms with Gasteiger partial charge >= 0.3 is 0 Å². The van der Waals surface area contributed by atoms with Crippen LogP contribution < -0.4 is 5.49 Å². The Morgan fingerprint density at radius 2 is 2.07 bits per heavy atom. The predicted molar refractivity (Wildman–Crippen MR) is 54.2 cm³/mol. The van der Waals surface area contributed by atoms with Crippen molar-refractivity contribution in [3.63, 3.8) is 0 Å². The Morgan fingerprint density at radius 3 is 2.79 bits per heavy atom. The third-order valence-electron chi connectivity index (χ3n) is 2.77. The van der Waals surface area contributed by atoms with Crippen molar-refractivity contribution in [2.75, 3.05) is 0 Å². The molecule has 1 aliphatic rings. The molecule has 0 amide bonds. The van der Waals surface area contributed by atoms with Crippen molar-refractivity contribution in [2.45, 2.75) is 38.6 Å². The summed E-state index contributed by atoms with van der Waals surface area (Å²) in [5.74, 6) is 0. The van der Waals surface area contributed by atoms with Crippen LogP contribution in [0.2, 0.25) is 0 Å². The molecular formula is C11H16N2O. The molecule has 0 atom stereocenters. The molecule has 1 aromatic rings. The van der Waals surface area contributed by atoms with Crippen molar-refractivity contribution in [3.8, 4) is 0 Å². The topological polar surface area (TPSA) is 37.5 Å². The van der Waals surface area contributed by atoms with Crippen LogP contribution in [0.1, 0.15) is 31.4 Å². The number of nitrogens with zero attached hydrogens (tertiary/aromatic N) is 2.